The van der Waals surface area contributed by atoms with Crippen LogP contribution in [0.1, 0.15) is 50.0 Å². The van der Waals surface area contributed by atoms with Crippen LogP contribution in [0, 0.1) is 11.6 Å². The number of carbonyl (C=O) groups is 1. The number of methoxy groups -OCH3 is 1. The van der Waals surface area contributed by atoms with Gasteiger partial charge in [-0.25, -0.2) is 18.6 Å². The molecule has 9 heteroatoms. The Morgan fingerprint density at radius 1 is 1.27 bits per heavy atom. The molecule has 33 heavy (non-hydrogen) atoms. The van der Waals surface area contributed by atoms with Crippen molar-refractivity contribution >= 4 is 17.1 Å². The van der Waals surface area contributed by atoms with Gasteiger partial charge >= 0.3 is 6.03 Å². The zero-order valence-corrected chi connectivity index (χ0v) is 18.6. The Morgan fingerprint density at radius 2 is 2.00 bits per heavy atom. The molecule has 1 saturated carbocycles. The molecule has 1 fully saturated rings. The highest BCUT2D eigenvalue weighted by atomic mass is 19.1. The third kappa shape index (κ3) is 5.42. The Kier molecular flexibility index (Phi) is 6.51. The number of halogens is 2. The summed E-state index contributed by atoms with van der Waals surface area (Å²) < 4.78 is 33.7. The molecular weight excluding hydrogens is 430 g/mol. The molecule has 0 saturated heterocycles. The molecule has 0 aliphatic heterocycles. The molecule has 3 aromatic rings. The molecule has 1 aliphatic carbocycles. The molecule has 0 bridgehead atoms. The van der Waals surface area contributed by atoms with Crippen molar-refractivity contribution in [1.82, 2.24) is 20.6 Å². The number of imidazole rings is 1. The standard InChI is InChI=1S/C24H28F2N4O3/c1-24(32)9-7-15(8-10-24)27-23(31)30-20(22-28-18-5-3-4-6-19(18)29-22)12-14-11-17(26)21(33-2)13-16(14)25/h3-6,11,13,15,20,32H,7-10,12H2,1-2H3,(H,28,29)(H2,27,30,31). The second-order valence-electron chi connectivity index (χ2n) is 8.86. The highest BCUT2D eigenvalue weighted by molar-refractivity contribution is 5.76. The van der Waals surface area contributed by atoms with Gasteiger partial charge < -0.3 is 25.5 Å². The summed E-state index contributed by atoms with van der Waals surface area (Å²) in [5.74, 6) is -1.06. The summed E-state index contributed by atoms with van der Waals surface area (Å²) in [6, 6.07) is 8.22. The van der Waals surface area contributed by atoms with Gasteiger partial charge in [-0.3, -0.25) is 0 Å². The third-order valence-corrected chi connectivity index (χ3v) is 6.19. The molecule has 1 unspecified atom stereocenters. The van der Waals surface area contributed by atoms with Crippen molar-refractivity contribution < 1.29 is 23.4 Å². The average molecular weight is 459 g/mol. The van der Waals surface area contributed by atoms with E-state index in [-0.39, 0.29) is 23.8 Å². The number of aliphatic hydroxyl groups is 1. The highest BCUT2D eigenvalue weighted by Gasteiger charge is 2.30. The number of H-pyrrole nitrogens is 1. The van der Waals surface area contributed by atoms with E-state index < -0.39 is 29.3 Å². The number of rotatable bonds is 6. The minimum absolute atomic E-state index is 0.0145. The van der Waals surface area contributed by atoms with Gasteiger partial charge in [-0.15, -0.1) is 0 Å². The van der Waals surface area contributed by atoms with Crippen molar-refractivity contribution in [1.29, 1.82) is 0 Å². The number of fused-ring (bicyclic) bond motifs is 1. The van der Waals surface area contributed by atoms with E-state index >= 15 is 0 Å². The van der Waals surface area contributed by atoms with Crippen molar-refractivity contribution in [2.24, 2.45) is 0 Å². The number of hydrogen-bond acceptors (Lipinski definition) is 4. The van der Waals surface area contributed by atoms with Gasteiger partial charge in [0.15, 0.2) is 11.6 Å². The fourth-order valence-electron chi connectivity index (χ4n) is 4.23. The SMILES string of the molecule is COc1cc(F)c(CC(NC(=O)NC2CCC(C)(O)CC2)c2nc3ccccc3[nH]2)cc1F. The molecule has 4 N–H and O–H groups in total. The average Bonchev–Trinajstić information content (AvgIpc) is 3.21. The first kappa shape index (κ1) is 23.0. The Labute approximate surface area is 190 Å². The minimum atomic E-state index is -0.730. The lowest BCUT2D eigenvalue weighted by molar-refractivity contribution is 0.0151. The molecule has 1 aliphatic rings. The Morgan fingerprint density at radius 3 is 2.70 bits per heavy atom. The summed E-state index contributed by atoms with van der Waals surface area (Å²) >= 11 is 0. The van der Waals surface area contributed by atoms with Gasteiger partial charge in [-0.1, -0.05) is 12.1 Å². The van der Waals surface area contributed by atoms with E-state index in [2.05, 4.69) is 20.6 Å². The molecule has 2 aromatic carbocycles. The van der Waals surface area contributed by atoms with E-state index in [1.54, 1.807) is 6.92 Å². The predicted octanol–water partition coefficient (Wildman–Crippen LogP) is 4.13. The van der Waals surface area contributed by atoms with Crippen molar-refractivity contribution in [3.63, 3.8) is 0 Å². The summed E-state index contributed by atoms with van der Waals surface area (Å²) in [5.41, 5.74) is 0.862. The van der Waals surface area contributed by atoms with Crippen LogP contribution in [0.3, 0.4) is 0 Å². The normalized spacial score (nSPS) is 21.5. The van der Waals surface area contributed by atoms with E-state index in [1.165, 1.54) is 7.11 Å². The van der Waals surface area contributed by atoms with Crippen LogP contribution in [0.5, 0.6) is 5.75 Å². The van der Waals surface area contributed by atoms with Gasteiger partial charge in [-0.2, -0.15) is 0 Å². The maximum absolute atomic E-state index is 14.7. The van der Waals surface area contributed by atoms with E-state index in [0.29, 0.717) is 37.0 Å². The topological polar surface area (TPSA) is 99.3 Å². The Bertz CT molecular complexity index is 1100. The number of nitrogens with one attached hydrogen (secondary N) is 3. The molecule has 0 radical (unpaired) electrons. The summed E-state index contributed by atoms with van der Waals surface area (Å²) in [4.78, 5) is 20.5. The number of carbonyl (C=O) groups excluding carboxylic acids is 1. The van der Waals surface area contributed by atoms with Gasteiger partial charge in [0.1, 0.15) is 11.6 Å². The number of aromatic nitrogens is 2. The molecule has 0 spiro atoms. The number of amides is 2. The van der Waals surface area contributed by atoms with Crippen molar-refractivity contribution in [3.8, 4) is 5.75 Å². The fraction of sp³-hybridized carbons (Fsp3) is 0.417. The van der Waals surface area contributed by atoms with Gasteiger partial charge in [0.25, 0.3) is 0 Å². The zero-order valence-electron chi connectivity index (χ0n) is 18.6. The minimum Gasteiger partial charge on any atom is -0.494 e. The fourth-order valence-corrected chi connectivity index (χ4v) is 4.23. The maximum atomic E-state index is 14.7. The lowest BCUT2D eigenvalue weighted by Crippen LogP contribution is -2.47. The van der Waals surface area contributed by atoms with Gasteiger partial charge in [0.05, 0.1) is 29.8 Å². The number of aromatic amines is 1. The van der Waals surface area contributed by atoms with Crippen LogP contribution in [-0.4, -0.2) is 39.9 Å². The van der Waals surface area contributed by atoms with Crippen LogP contribution in [0.15, 0.2) is 36.4 Å². The highest BCUT2D eigenvalue weighted by Crippen LogP contribution is 2.28. The molecule has 7 nitrogen and oxygen atoms in total. The molecular formula is C24H28F2N4O3. The van der Waals surface area contributed by atoms with Crippen molar-refractivity contribution in [2.75, 3.05) is 7.11 Å². The molecule has 1 heterocycles. The van der Waals surface area contributed by atoms with Crippen LogP contribution in [-0.2, 0) is 6.42 Å². The first-order valence-corrected chi connectivity index (χ1v) is 11.0. The number of urea groups is 1. The van der Waals surface area contributed by atoms with E-state index in [1.807, 2.05) is 24.3 Å². The molecule has 176 valence electrons. The van der Waals surface area contributed by atoms with Gasteiger partial charge in [0, 0.05) is 18.5 Å². The summed E-state index contributed by atoms with van der Waals surface area (Å²) in [6.07, 6.45) is 2.50. The van der Waals surface area contributed by atoms with Crippen LogP contribution in [0.25, 0.3) is 11.0 Å². The first-order valence-electron chi connectivity index (χ1n) is 11.0. The number of para-hydroxylation sites is 2. The number of nitrogens with zero attached hydrogens (tertiary/aromatic N) is 1. The first-order chi connectivity index (χ1) is 15.7. The lowest BCUT2D eigenvalue weighted by Gasteiger charge is -2.33. The van der Waals surface area contributed by atoms with E-state index in [4.69, 9.17) is 4.74 Å². The predicted molar refractivity (Wildman–Crippen MR) is 120 cm³/mol. The molecule has 2 amide bonds. The van der Waals surface area contributed by atoms with Crippen LogP contribution in [0.4, 0.5) is 13.6 Å². The molecule has 1 aromatic heterocycles. The monoisotopic (exact) mass is 458 g/mol. The molecule has 1 atom stereocenters. The quantitative estimate of drug-likeness (QED) is 0.446. The van der Waals surface area contributed by atoms with Crippen LogP contribution in [0.2, 0.25) is 0 Å². The van der Waals surface area contributed by atoms with E-state index in [0.717, 1.165) is 17.6 Å². The van der Waals surface area contributed by atoms with Crippen LogP contribution < -0.4 is 15.4 Å². The van der Waals surface area contributed by atoms with E-state index in [9.17, 15) is 18.7 Å². The summed E-state index contributed by atoms with van der Waals surface area (Å²) in [5, 5.41) is 15.9. The number of benzene rings is 2. The Balaban J connectivity index is 1.55. The maximum Gasteiger partial charge on any atom is 0.315 e. The third-order valence-electron chi connectivity index (χ3n) is 6.19. The second-order valence-corrected chi connectivity index (χ2v) is 8.86. The van der Waals surface area contributed by atoms with Crippen LogP contribution >= 0.6 is 0 Å². The number of hydrogen-bond donors (Lipinski definition) is 4. The van der Waals surface area contributed by atoms with Gasteiger partial charge in [0.2, 0.25) is 0 Å². The Hall–Kier alpha value is -3.20. The van der Waals surface area contributed by atoms with Gasteiger partial charge in [-0.05, 0) is 56.4 Å². The number of ether oxygens (including phenoxy) is 1. The molecule has 4 rings (SSSR count). The van der Waals surface area contributed by atoms with Crippen molar-refractivity contribution in [2.45, 2.75) is 56.7 Å². The summed E-state index contributed by atoms with van der Waals surface area (Å²) in [7, 11) is 1.27. The zero-order chi connectivity index (χ0) is 23.6. The lowest BCUT2D eigenvalue weighted by atomic mass is 9.84. The summed E-state index contributed by atoms with van der Waals surface area (Å²) in [6.45, 7) is 1.80. The second kappa shape index (κ2) is 9.35. The van der Waals surface area contributed by atoms with Crippen molar-refractivity contribution in [3.05, 3.63) is 59.4 Å². The largest absolute Gasteiger partial charge is 0.494 e. The smallest absolute Gasteiger partial charge is 0.315 e.